The lowest BCUT2D eigenvalue weighted by atomic mass is 9.93. The van der Waals surface area contributed by atoms with Crippen molar-refractivity contribution in [3.63, 3.8) is 0 Å². The molecule has 0 heterocycles. The van der Waals surface area contributed by atoms with Crippen molar-refractivity contribution < 1.29 is 4.74 Å². The minimum absolute atomic E-state index is 0.205. The summed E-state index contributed by atoms with van der Waals surface area (Å²) in [6.07, 6.45) is 0. The molecule has 0 saturated heterocycles. The van der Waals surface area contributed by atoms with Gasteiger partial charge in [-0.15, -0.1) is 0 Å². The molecule has 0 radical (unpaired) electrons. The highest BCUT2D eigenvalue weighted by Gasteiger charge is 2.18. The number of benzene rings is 1. The number of rotatable bonds is 7. The van der Waals surface area contributed by atoms with Crippen LogP contribution in [0.25, 0.3) is 0 Å². The minimum Gasteiger partial charge on any atom is -0.492 e. The highest BCUT2D eigenvalue weighted by molar-refractivity contribution is 5.61. The average molecular weight is 265 g/mol. The second kappa shape index (κ2) is 6.66. The molecule has 0 aromatic heterocycles. The van der Waals surface area contributed by atoms with Crippen molar-refractivity contribution in [2.45, 2.75) is 20.8 Å². The Bertz CT molecular complexity index is 402. The lowest BCUT2D eigenvalue weighted by molar-refractivity contribution is 0.254. The van der Waals surface area contributed by atoms with E-state index in [-0.39, 0.29) is 5.41 Å². The van der Waals surface area contributed by atoms with Crippen LogP contribution in [0.2, 0.25) is 0 Å². The van der Waals surface area contributed by atoms with Crippen molar-refractivity contribution in [2.75, 3.05) is 44.8 Å². The highest BCUT2D eigenvalue weighted by atomic mass is 16.5. The van der Waals surface area contributed by atoms with Crippen LogP contribution in [-0.4, -0.2) is 38.7 Å². The first-order chi connectivity index (χ1) is 8.84. The second-order valence-electron chi connectivity index (χ2n) is 5.94. The zero-order chi connectivity index (χ0) is 14.5. The van der Waals surface area contributed by atoms with E-state index in [1.165, 1.54) is 0 Å². The third-order valence-electron chi connectivity index (χ3n) is 2.83. The third-order valence-corrected chi connectivity index (χ3v) is 2.83. The van der Waals surface area contributed by atoms with Crippen LogP contribution in [-0.2, 0) is 0 Å². The first-order valence-electron chi connectivity index (χ1n) is 6.75. The van der Waals surface area contributed by atoms with Gasteiger partial charge in [-0.05, 0) is 38.6 Å². The maximum Gasteiger partial charge on any atom is 0.144 e. The zero-order valence-electron chi connectivity index (χ0n) is 12.8. The number of nitrogens with one attached hydrogen (secondary N) is 1. The molecule has 0 aliphatic carbocycles. The summed E-state index contributed by atoms with van der Waals surface area (Å²) >= 11 is 0. The molecule has 1 aromatic rings. The summed E-state index contributed by atoms with van der Waals surface area (Å²) in [7, 11) is 4.19. The Labute approximate surface area is 116 Å². The number of nitrogens with zero attached hydrogens (tertiary/aromatic N) is 1. The maximum absolute atomic E-state index is 5.86. The van der Waals surface area contributed by atoms with Crippen LogP contribution in [0.15, 0.2) is 18.2 Å². The number of nitrogen functional groups attached to an aromatic ring is 1. The Kier molecular flexibility index (Phi) is 5.48. The Hall–Kier alpha value is -1.42. The van der Waals surface area contributed by atoms with E-state index >= 15 is 0 Å². The van der Waals surface area contributed by atoms with E-state index in [2.05, 4.69) is 38.2 Å². The lowest BCUT2D eigenvalue weighted by Crippen LogP contribution is -2.34. The average Bonchev–Trinajstić information content (AvgIpc) is 2.29. The van der Waals surface area contributed by atoms with Gasteiger partial charge in [0.05, 0.1) is 12.3 Å². The van der Waals surface area contributed by atoms with Gasteiger partial charge in [0, 0.05) is 24.8 Å². The largest absolute Gasteiger partial charge is 0.492 e. The lowest BCUT2D eigenvalue weighted by Gasteiger charge is -2.29. The molecule has 4 heteroatoms. The van der Waals surface area contributed by atoms with E-state index in [0.29, 0.717) is 12.3 Å². The Morgan fingerprint density at radius 1 is 1.32 bits per heavy atom. The molecule has 0 atom stereocenters. The quantitative estimate of drug-likeness (QED) is 0.744. The van der Waals surface area contributed by atoms with Gasteiger partial charge < -0.3 is 20.7 Å². The molecule has 4 nitrogen and oxygen atoms in total. The smallest absolute Gasteiger partial charge is 0.144 e. The van der Waals surface area contributed by atoms with Crippen LogP contribution in [0.5, 0.6) is 5.75 Å². The Morgan fingerprint density at radius 2 is 2.00 bits per heavy atom. The first-order valence-corrected chi connectivity index (χ1v) is 6.75. The van der Waals surface area contributed by atoms with Gasteiger partial charge >= 0.3 is 0 Å². The molecule has 0 aliphatic rings. The van der Waals surface area contributed by atoms with Crippen LogP contribution in [0, 0.1) is 5.41 Å². The van der Waals surface area contributed by atoms with Crippen molar-refractivity contribution in [3.8, 4) is 5.75 Å². The number of nitrogens with two attached hydrogens (primary N) is 1. The summed E-state index contributed by atoms with van der Waals surface area (Å²) in [6, 6.07) is 5.83. The third kappa shape index (κ3) is 5.39. The number of hydrogen-bond donors (Lipinski definition) is 2. The molecule has 0 spiro atoms. The molecule has 19 heavy (non-hydrogen) atoms. The molecule has 0 amide bonds. The van der Waals surface area contributed by atoms with E-state index in [1.54, 1.807) is 0 Å². The molecule has 0 aliphatic heterocycles. The monoisotopic (exact) mass is 265 g/mol. The van der Waals surface area contributed by atoms with E-state index in [1.807, 2.05) is 25.1 Å². The van der Waals surface area contributed by atoms with Gasteiger partial charge in [-0.2, -0.15) is 0 Å². The molecule has 0 unspecified atom stereocenters. The minimum atomic E-state index is 0.205. The summed E-state index contributed by atoms with van der Waals surface area (Å²) in [5, 5.41) is 3.45. The SMILES string of the molecule is CCOc1cc(NCC(C)(C)CN(C)C)ccc1N. The van der Waals surface area contributed by atoms with Gasteiger partial charge in [-0.1, -0.05) is 13.8 Å². The van der Waals surface area contributed by atoms with E-state index in [0.717, 1.165) is 24.5 Å². The van der Waals surface area contributed by atoms with Gasteiger partial charge in [0.1, 0.15) is 5.75 Å². The number of anilines is 2. The fraction of sp³-hybridized carbons (Fsp3) is 0.600. The van der Waals surface area contributed by atoms with E-state index in [9.17, 15) is 0 Å². The fourth-order valence-electron chi connectivity index (χ4n) is 2.18. The normalized spacial score (nSPS) is 11.7. The van der Waals surface area contributed by atoms with Crippen LogP contribution in [0.3, 0.4) is 0 Å². The fourth-order valence-corrected chi connectivity index (χ4v) is 2.18. The molecule has 0 bridgehead atoms. The summed E-state index contributed by atoms with van der Waals surface area (Å²) in [4.78, 5) is 2.20. The predicted octanol–water partition coefficient (Wildman–Crippen LogP) is 2.67. The molecule has 0 fully saturated rings. The molecule has 1 aromatic carbocycles. The Balaban J connectivity index is 2.65. The van der Waals surface area contributed by atoms with Crippen LogP contribution in [0.4, 0.5) is 11.4 Å². The molecule has 3 N–H and O–H groups in total. The molecule has 108 valence electrons. The topological polar surface area (TPSA) is 50.5 Å². The van der Waals surface area contributed by atoms with Crippen LogP contribution < -0.4 is 15.8 Å². The van der Waals surface area contributed by atoms with Crippen LogP contribution in [0.1, 0.15) is 20.8 Å². The molecular formula is C15H27N3O. The molecule has 0 saturated carbocycles. The van der Waals surface area contributed by atoms with Gasteiger partial charge in [0.15, 0.2) is 0 Å². The van der Waals surface area contributed by atoms with Crippen molar-refractivity contribution in [1.82, 2.24) is 4.90 Å². The number of hydrogen-bond acceptors (Lipinski definition) is 4. The van der Waals surface area contributed by atoms with Crippen molar-refractivity contribution in [2.24, 2.45) is 5.41 Å². The summed E-state index contributed by atoms with van der Waals surface area (Å²) in [5.41, 5.74) is 7.80. The van der Waals surface area contributed by atoms with Crippen molar-refractivity contribution in [1.29, 1.82) is 0 Å². The van der Waals surface area contributed by atoms with Gasteiger partial charge in [-0.3, -0.25) is 0 Å². The summed E-state index contributed by atoms with van der Waals surface area (Å²) in [5.74, 6) is 0.748. The van der Waals surface area contributed by atoms with Gasteiger partial charge in [-0.25, -0.2) is 0 Å². The van der Waals surface area contributed by atoms with Crippen molar-refractivity contribution >= 4 is 11.4 Å². The zero-order valence-corrected chi connectivity index (χ0v) is 12.8. The Morgan fingerprint density at radius 3 is 2.58 bits per heavy atom. The summed E-state index contributed by atoms with van der Waals surface area (Å²) < 4.78 is 5.50. The summed E-state index contributed by atoms with van der Waals surface area (Å²) in [6.45, 7) is 9.02. The van der Waals surface area contributed by atoms with Crippen LogP contribution >= 0.6 is 0 Å². The maximum atomic E-state index is 5.86. The molecular weight excluding hydrogens is 238 g/mol. The second-order valence-corrected chi connectivity index (χ2v) is 5.94. The standard InChI is InChI=1S/C15H27N3O/c1-6-19-14-9-12(7-8-13(14)16)17-10-15(2,3)11-18(4)5/h7-9,17H,6,10-11,16H2,1-5H3. The first kappa shape index (κ1) is 15.6. The molecule has 1 rings (SSSR count). The van der Waals surface area contributed by atoms with E-state index < -0.39 is 0 Å². The van der Waals surface area contributed by atoms with Gasteiger partial charge in [0.25, 0.3) is 0 Å². The van der Waals surface area contributed by atoms with Gasteiger partial charge in [0.2, 0.25) is 0 Å². The number of ether oxygens (including phenoxy) is 1. The highest BCUT2D eigenvalue weighted by Crippen LogP contribution is 2.26. The van der Waals surface area contributed by atoms with E-state index in [4.69, 9.17) is 10.5 Å². The predicted molar refractivity (Wildman–Crippen MR) is 82.8 cm³/mol. The van der Waals surface area contributed by atoms with Crippen molar-refractivity contribution in [3.05, 3.63) is 18.2 Å².